The molecule has 18 heteroatoms. The van der Waals surface area contributed by atoms with E-state index in [1.807, 2.05) is 0 Å². The van der Waals surface area contributed by atoms with Crippen molar-refractivity contribution in [2.24, 2.45) is 5.92 Å². The van der Waals surface area contributed by atoms with E-state index in [4.69, 9.17) is 55.9 Å². The van der Waals surface area contributed by atoms with Gasteiger partial charge in [0.25, 0.3) is 5.91 Å². The van der Waals surface area contributed by atoms with Gasteiger partial charge in [0, 0.05) is 11.6 Å². The minimum Gasteiger partial charge on any atom is -0.443 e. The van der Waals surface area contributed by atoms with E-state index in [2.05, 4.69) is 10.6 Å². The van der Waals surface area contributed by atoms with Crippen LogP contribution in [0.1, 0.15) is 68.9 Å². The van der Waals surface area contributed by atoms with Gasteiger partial charge in [0.05, 0.1) is 32.8 Å². The fourth-order valence-corrected chi connectivity index (χ4v) is 6.18. The Labute approximate surface area is 314 Å². The van der Waals surface area contributed by atoms with E-state index < -0.39 is 91.1 Å². The molecule has 2 atom stereocenters. The van der Waals surface area contributed by atoms with E-state index in [-0.39, 0.29) is 26.7 Å². The molecule has 0 saturated heterocycles. The molecule has 280 valence electrons. The van der Waals surface area contributed by atoms with Crippen molar-refractivity contribution in [1.82, 2.24) is 0 Å². The number of rotatable bonds is 6. The predicted molar refractivity (Wildman–Crippen MR) is 186 cm³/mol. The highest BCUT2D eigenvalue weighted by molar-refractivity contribution is 6.53. The number of benzene rings is 3. The van der Waals surface area contributed by atoms with Crippen LogP contribution in [0.25, 0.3) is 0 Å². The number of amides is 4. The van der Waals surface area contributed by atoms with Gasteiger partial charge in [-0.2, -0.15) is 18.1 Å². The van der Waals surface area contributed by atoms with Gasteiger partial charge in [-0.25, -0.2) is 18.4 Å². The zero-order chi connectivity index (χ0) is 39.3. The number of hydrogen-bond donors (Lipinski definition) is 2. The number of alkyl halides is 5. The minimum absolute atomic E-state index is 0.00986. The van der Waals surface area contributed by atoms with Crippen LogP contribution in [0.2, 0.25) is 10.0 Å². The zero-order valence-electron chi connectivity index (χ0n) is 28.1. The second-order valence-corrected chi connectivity index (χ2v) is 15.8. The summed E-state index contributed by atoms with van der Waals surface area (Å²) in [5.74, 6) is -7.10. The molecule has 0 aromatic heterocycles. The molecule has 1 saturated carbocycles. The average molecular weight is 813 g/mol. The van der Waals surface area contributed by atoms with Crippen LogP contribution in [0.3, 0.4) is 0 Å². The molecule has 4 amide bonds. The fraction of sp³-hybridized carbons (Fsp3) is 0.353. The number of nitrogens with one attached hydrogen (secondary N) is 2. The first-order chi connectivity index (χ1) is 23.7. The highest BCUT2D eigenvalue weighted by Gasteiger charge is 2.67. The number of hydrogen-bond acceptors (Lipinski definition) is 6. The summed E-state index contributed by atoms with van der Waals surface area (Å²) in [5, 5.41) is 3.93. The van der Waals surface area contributed by atoms with E-state index >= 15 is 8.78 Å². The molecular formula is C34H30Cl4F5N3O6. The highest BCUT2D eigenvalue weighted by atomic mass is 35.5. The largest absolute Gasteiger partial charge is 0.443 e. The van der Waals surface area contributed by atoms with Crippen LogP contribution in [0.4, 0.5) is 48.6 Å². The van der Waals surface area contributed by atoms with Gasteiger partial charge in [0.1, 0.15) is 21.2 Å². The van der Waals surface area contributed by atoms with Crippen molar-refractivity contribution in [3.05, 3.63) is 86.9 Å². The number of anilines is 3. The number of nitrogens with zero attached hydrogens (tertiary/aromatic N) is 1. The molecule has 0 aliphatic heterocycles. The Bertz CT molecular complexity index is 1920. The molecule has 1 fully saturated rings. The normalized spacial score (nSPS) is 16.8. The van der Waals surface area contributed by atoms with Gasteiger partial charge in [-0.3, -0.25) is 9.59 Å². The van der Waals surface area contributed by atoms with Crippen molar-refractivity contribution in [3.8, 4) is 0 Å². The maximum Gasteiger partial charge on any atom is 0.424 e. The van der Waals surface area contributed by atoms with Gasteiger partial charge in [0.2, 0.25) is 5.91 Å². The van der Waals surface area contributed by atoms with Crippen molar-refractivity contribution >= 4 is 87.5 Å². The van der Waals surface area contributed by atoms with Gasteiger partial charge < -0.3 is 20.1 Å². The first-order valence-electron chi connectivity index (χ1n) is 15.1. The minimum atomic E-state index is -4.78. The van der Waals surface area contributed by atoms with Gasteiger partial charge in [-0.1, -0.05) is 29.3 Å². The molecule has 0 unspecified atom stereocenters. The third kappa shape index (κ3) is 9.20. The second-order valence-electron chi connectivity index (χ2n) is 13.6. The molecule has 1 aliphatic carbocycles. The number of ether oxygens (including phenoxy) is 2. The zero-order valence-corrected chi connectivity index (χ0v) is 31.1. The van der Waals surface area contributed by atoms with E-state index in [1.54, 1.807) is 0 Å². The molecule has 2 N–H and O–H groups in total. The van der Waals surface area contributed by atoms with Gasteiger partial charge >= 0.3 is 18.4 Å². The smallest absolute Gasteiger partial charge is 0.424 e. The molecule has 0 bridgehead atoms. The molecule has 0 heterocycles. The number of imide groups is 1. The number of halogens is 9. The van der Waals surface area contributed by atoms with E-state index in [0.29, 0.717) is 6.07 Å². The van der Waals surface area contributed by atoms with Crippen LogP contribution >= 0.6 is 46.4 Å². The molecule has 9 nitrogen and oxygen atoms in total. The summed E-state index contributed by atoms with van der Waals surface area (Å²) in [6, 6.07) is 8.13. The van der Waals surface area contributed by atoms with Crippen molar-refractivity contribution in [3.63, 3.8) is 0 Å². The van der Waals surface area contributed by atoms with Crippen LogP contribution in [-0.2, 0) is 20.4 Å². The Morgan fingerprint density at radius 1 is 0.788 bits per heavy atom. The Morgan fingerprint density at radius 2 is 1.35 bits per heavy atom. The van der Waals surface area contributed by atoms with Crippen LogP contribution < -0.4 is 15.5 Å². The van der Waals surface area contributed by atoms with E-state index in [9.17, 15) is 32.3 Å². The average Bonchev–Trinajstić information content (AvgIpc) is 3.56. The SMILES string of the molecule is CC(C)(C)OC(=O)N(C(=O)OC(C)(C)C)c1c(F)ccc(NC(=O)c2cc(NC(=O)[C@H]3[C@H](c4ccc(Cl)c(C(F)(F)F)c4)C3(Cl)Cl)ccc2Cl)c1F. The van der Waals surface area contributed by atoms with Gasteiger partial charge in [-0.05, 0) is 89.6 Å². The monoisotopic (exact) mass is 811 g/mol. The number of carbonyl (C=O) groups excluding carboxylic acids is 4. The Hall–Kier alpha value is -3.85. The van der Waals surface area contributed by atoms with Gasteiger partial charge in [-0.15, -0.1) is 23.2 Å². The summed E-state index contributed by atoms with van der Waals surface area (Å²) >= 11 is 24.6. The Kier molecular flexibility index (Phi) is 11.4. The molecule has 0 radical (unpaired) electrons. The van der Waals surface area contributed by atoms with Crippen molar-refractivity contribution < 1.29 is 50.6 Å². The van der Waals surface area contributed by atoms with Crippen LogP contribution in [0.15, 0.2) is 48.5 Å². The summed E-state index contributed by atoms with van der Waals surface area (Å²) in [6.45, 7) is 8.75. The Balaban J connectivity index is 1.60. The first-order valence-corrected chi connectivity index (χ1v) is 16.6. The summed E-state index contributed by atoms with van der Waals surface area (Å²) in [6.07, 6.45) is -7.72. The summed E-state index contributed by atoms with van der Waals surface area (Å²) in [5.41, 5.74) is -5.80. The molecule has 4 rings (SSSR count). The Morgan fingerprint density at radius 3 is 1.88 bits per heavy atom. The lowest BCUT2D eigenvalue weighted by Gasteiger charge is -2.29. The lowest BCUT2D eigenvalue weighted by molar-refractivity contribution is -0.137. The third-order valence-corrected chi connectivity index (χ3v) is 8.76. The molecular weight excluding hydrogens is 783 g/mol. The second kappa shape index (κ2) is 14.5. The van der Waals surface area contributed by atoms with Crippen molar-refractivity contribution in [2.45, 2.75) is 69.2 Å². The summed E-state index contributed by atoms with van der Waals surface area (Å²) in [7, 11) is 0. The van der Waals surface area contributed by atoms with Crippen molar-refractivity contribution in [2.75, 3.05) is 15.5 Å². The lowest BCUT2D eigenvalue weighted by Crippen LogP contribution is -2.44. The van der Waals surface area contributed by atoms with E-state index in [0.717, 1.165) is 24.3 Å². The van der Waals surface area contributed by atoms with E-state index in [1.165, 1.54) is 59.7 Å². The van der Waals surface area contributed by atoms with Crippen LogP contribution in [0.5, 0.6) is 0 Å². The number of carbonyl (C=O) groups is 4. The van der Waals surface area contributed by atoms with Crippen molar-refractivity contribution in [1.29, 1.82) is 0 Å². The molecule has 3 aromatic carbocycles. The fourth-order valence-electron chi connectivity index (χ4n) is 4.92. The predicted octanol–water partition coefficient (Wildman–Crippen LogP) is 10.7. The third-order valence-electron chi connectivity index (χ3n) is 7.16. The summed E-state index contributed by atoms with van der Waals surface area (Å²) in [4.78, 5) is 52.7. The highest BCUT2D eigenvalue weighted by Crippen LogP contribution is 2.65. The maximum atomic E-state index is 16.0. The van der Waals surface area contributed by atoms with Gasteiger partial charge in [0.15, 0.2) is 11.6 Å². The molecule has 1 aliphatic rings. The topological polar surface area (TPSA) is 114 Å². The van der Waals surface area contributed by atoms with Crippen LogP contribution in [0, 0.1) is 17.6 Å². The molecule has 3 aromatic rings. The van der Waals surface area contributed by atoms with Crippen LogP contribution in [-0.4, -0.2) is 39.5 Å². The molecule has 52 heavy (non-hydrogen) atoms. The standard InChI is InChI=1S/C34H30Cl4F5N3O6/c1-31(2,3)51-29(49)46(30(50)52-32(4,5)6)26-21(39)11-12-22(25(26)40)45-27(47)17-14-16(8-10-19(17)35)44-28(48)24-23(33(24,37)38)15-7-9-20(36)18(13-15)34(41,42)43/h7-14,23-24H,1-6H3,(H,44,48)(H,45,47)/t23-,24+/m0/s1. The quantitative estimate of drug-likeness (QED) is 0.189. The summed E-state index contributed by atoms with van der Waals surface area (Å²) < 4.78 is 80.0. The first kappa shape index (κ1) is 40.9. The molecule has 0 spiro atoms. The lowest BCUT2D eigenvalue weighted by atomic mass is 10.0. The maximum absolute atomic E-state index is 16.0.